The lowest BCUT2D eigenvalue weighted by molar-refractivity contribution is 0.102. The minimum absolute atomic E-state index is 0.0925. The molecule has 0 unspecified atom stereocenters. The van der Waals surface area contributed by atoms with Crippen molar-refractivity contribution < 1.29 is 4.79 Å². The van der Waals surface area contributed by atoms with Gasteiger partial charge in [-0.15, -0.1) is 0 Å². The molecule has 1 aliphatic carbocycles. The third-order valence-electron chi connectivity index (χ3n) is 4.76. The Balaban J connectivity index is 1.66. The van der Waals surface area contributed by atoms with E-state index < -0.39 is 0 Å². The highest BCUT2D eigenvalue weighted by molar-refractivity contribution is 6.06. The molecule has 1 amide bonds. The van der Waals surface area contributed by atoms with Gasteiger partial charge in [0, 0.05) is 34.3 Å². The molecule has 0 spiro atoms. The van der Waals surface area contributed by atoms with E-state index in [2.05, 4.69) is 15.4 Å². The lowest BCUT2D eigenvalue weighted by Gasteiger charge is -2.12. The van der Waals surface area contributed by atoms with Gasteiger partial charge in [0.15, 0.2) is 0 Å². The summed E-state index contributed by atoms with van der Waals surface area (Å²) >= 11 is 0. The molecular weight excluding hydrogens is 300 g/mol. The molecule has 1 aliphatic rings. The van der Waals surface area contributed by atoms with Gasteiger partial charge in [-0.2, -0.15) is 5.10 Å². The summed E-state index contributed by atoms with van der Waals surface area (Å²) < 4.78 is 1.81. The number of benzene rings is 1. The minimum atomic E-state index is -0.0925. The summed E-state index contributed by atoms with van der Waals surface area (Å²) in [5, 5.41) is 8.42. The Hall–Kier alpha value is -2.56. The lowest BCUT2D eigenvalue weighted by atomic mass is 9.95. The number of rotatable bonds is 3. The van der Waals surface area contributed by atoms with Crippen LogP contribution in [-0.4, -0.2) is 20.7 Å². The number of carbonyl (C=O) groups excluding carboxylic acids is 1. The number of amides is 1. The van der Waals surface area contributed by atoms with Crippen molar-refractivity contribution in [2.45, 2.75) is 45.6 Å². The van der Waals surface area contributed by atoms with Crippen LogP contribution in [0, 0.1) is 0 Å². The van der Waals surface area contributed by atoms with Gasteiger partial charge in [-0.05, 0) is 63.3 Å². The van der Waals surface area contributed by atoms with Crippen molar-refractivity contribution in [3.63, 3.8) is 0 Å². The molecule has 0 fully saturated rings. The van der Waals surface area contributed by atoms with Crippen molar-refractivity contribution in [3.8, 4) is 0 Å². The highest BCUT2D eigenvalue weighted by Gasteiger charge is 2.17. The van der Waals surface area contributed by atoms with Crippen LogP contribution in [0.3, 0.4) is 0 Å². The number of anilines is 1. The summed E-state index contributed by atoms with van der Waals surface area (Å²) in [6.45, 7) is 4.08. The van der Waals surface area contributed by atoms with E-state index in [1.807, 2.05) is 42.8 Å². The van der Waals surface area contributed by atoms with E-state index in [9.17, 15) is 4.79 Å². The first-order valence-electron chi connectivity index (χ1n) is 8.62. The standard InChI is InChI=1S/C19H22N4O/c1-12(2)23-18(9-10-20-23)22-19(24)13-7-8-17-15(11-13)14-5-3-4-6-16(14)21-17/h7-12,21H,3-6H2,1-2H3,(H,22,24). The third kappa shape index (κ3) is 2.50. The van der Waals surface area contributed by atoms with E-state index in [4.69, 9.17) is 0 Å². The number of fused-ring (bicyclic) bond motifs is 3. The van der Waals surface area contributed by atoms with E-state index in [0.717, 1.165) is 24.2 Å². The number of hydrogen-bond donors (Lipinski definition) is 2. The molecule has 0 bridgehead atoms. The fourth-order valence-corrected chi connectivity index (χ4v) is 3.56. The normalized spacial score (nSPS) is 14.1. The van der Waals surface area contributed by atoms with Crippen LogP contribution in [0.25, 0.3) is 10.9 Å². The van der Waals surface area contributed by atoms with Crippen LogP contribution in [0.4, 0.5) is 5.82 Å². The Labute approximate surface area is 141 Å². The summed E-state index contributed by atoms with van der Waals surface area (Å²) in [6, 6.07) is 7.95. The lowest BCUT2D eigenvalue weighted by Crippen LogP contribution is -2.16. The summed E-state index contributed by atoms with van der Waals surface area (Å²) in [7, 11) is 0. The van der Waals surface area contributed by atoms with Crippen molar-refractivity contribution in [3.05, 3.63) is 47.3 Å². The van der Waals surface area contributed by atoms with E-state index in [-0.39, 0.29) is 11.9 Å². The monoisotopic (exact) mass is 322 g/mol. The SMILES string of the molecule is CC(C)n1nccc1NC(=O)c1ccc2[nH]c3c(c2c1)CCCC3. The van der Waals surface area contributed by atoms with Crippen LogP contribution in [0.2, 0.25) is 0 Å². The molecule has 24 heavy (non-hydrogen) atoms. The number of nitrogens with one attached hydrogen (secondary N) is 2. The molecule has 0 atom stereocenters. The molecule has 2 heterocycles. The van der Waals surface area contributed by atoms with Crippen LogP contribution in [-0.2, 0) is 12.8 Å². The quantitative estimate of drug-likeness (QED) is 0.763. The molecule has 3 aromatic rings. The fourth-order valence-electron chi connectivity index (χ4n) is 3.56. The highest BCUT2D eigenvalue weighted by atomic mass is 16.1. The molecule has 1 aromatic carbocycles. The minimum Gasteiger partial charge on any atom is -0.358 e. The third-order valence-corrected chi connectivity index (χ3v) is 4.76. The van der Waals surface area contributed by atoms with Gasteiger partial charge in [0.25, 0.3) is 5.91 Å². The highest BCUT2D eigenvalue weighted by Crippen LogP contribution is 2.30. The zero-order valence-corrected chi connectivity index (χ0v) is 14.1. The average Bonchev–Trinajstić information content (AvgIpc) is 3.18. The van der Waals surface area contributed by atoms with Crippen LogP contribution in [0.1, 0.15) is 54.3 Å². The number of aromatic amines is 1. The maximum atomic E-state index is 12.7. The van der Waals surface area contributed by atoms with Crippen molar-refractivity contribution >= 4 is 22.6 Å². The van der Waals surface area contributed by atoms with Gasteiger partial charge in [0.05, 0.1) is 6.20 Å². The number of carbonyl (C=O) groups is 1. The maximum Gasteiger partial charge on any atom is 0.256 e. The number of H-pyrrole nitrogens is 1. The second-order valence-corrected chi connectivity index (χ2v) is 6.76. The molecule has 0 radical (unpaired) electrons. The Morgan fingerprint density at radius 3 is 2.92 bits per heavy atom. The van der Waals surface area contributed by atoms with E-state index in [0.29, 0.717) is 5.56 Å². The van der Waals surface area contributed by atoms with E-state index in [1.54, 1.807) is 6.20 Å². The van der Waals surface area contributed by atoms with Crippen LogP contribution < -0.4 is 5.32 Å². The Bertz CT molecular complexity index is 903. The average molecular weight is 322 g/mol. The smallest absolute Gasteiger partial charge is 0.256 e. The predicted octanol–water partition coefficient (Wildman–Crippen LogP) is 4.08. The summed E-state index contributed by atoms with van der Waals surface area (Å²) in [5.74, 6) is 0.635. The number of aromatic nitrogens is 3. The van der Waals surface area contributed by atoms with Crippen LogP contribution >= 0.6 is 0 Å². The number of hydrogen-bond acceptors (Lipinski definition) is 2. The van der Waals surface area contributed by atoms with Gasteiger partial charge in [-0.1, -0.05) is 0 Å². The first kappa shape index (κ1) is 15.0. The summed E-state index contributed by atoms with van der Waals surface area (Å²) in [4.78, 5) is 16.2. The molecule has 0 saturated heterocycles. The van der Waals surface area contributed by atoms with Crippen molar-refractivity contribution in [1.29, 1.82) is 0 Å². The van der Waals surface area contributed by atoms with Crippen molar-refractivity contribution in [2.24, 2.45) is 0 Å². The molecule has 2 N–H and O–H groups in total. The first-order chi connectivity index (χ1) is 11.6. The summed E-state index contributed by atoms with van der Waals surface area (Å²) in [5.41, 5.74) is 4.54. The van der Waals surface area contributed by atoms with Crippen LogP contribution in [0.15, 0.2) is 30.5 Å². The van der Waals surface area contributed by atoms with Crippen molar-refractivity contribution in [2.75, 3.05) is 5.32 Å². The van der Waals surface area contributed by atoms with Gasteiger partial charge in [0.1, 0.15) is 5.82 Å². The van der Waals surface area contributed by atoms with Crippen LogP contribution in [0.5, 0.6) is 0 Å². The Morgan fingerprint density at radius 1 is 1.25 bits per heavy atom. The van der Waals surface area contributed by atoms with Gasteiger partial charge < -0.3 is 10.3 Å². The molecule has 5 nitrogen and oxygen atoms in total. The second kappa shape index (κ2) is 5.82. The first-order valence-corrected chi connectivity index (χ1v) is 8.62. The zero-order valence-electron chi connectivity index (χ0n) is 14.1. The van der Waals surface area contributed by atoms with Gasteiger partial charge in [-0.25, -0.2) is 4.68 Å². The molecule has 5 heteroatoms. The number of nitrogens with zero attached hydrogens (tertiary/aromatic N) is 2. The van der Waals surface area contributed by atoms with Gasteiger partial charge >= 0.3 is 0 Å². The van der Waals surface area contributed by atoms with Gasteiger partial charge in [0.2, 0.25) is 0 Å². The predicted molar refractivity (Wildman–Crippen MR) is 95.5 cm³/mol. The van der Waals surface area contributed by atoms with E-state index in [1.165, 1.54) is 29.5 Å². The molecule has 4 rings (SSSR count). The second-order valence-electron chi connectivity index (χ2n) is 6.76. The zero-order chi connectivity index (χ0) is 16.7. The maximum absolute atomic E-state index is 12.7. The summed E-state index contributed by atoms with van der Waals surface area (Å²) in [6.07, 6.45) is 6.39. The molecule has 2 aromatic heterocycles. The molecule has 0 aliphatic heterocycles. The van der Waals surface area contributed by atoms with Crippen molar-refractivity contribution in [1.82, 2.24) is 14.8 Å². The van der Waals surface area contributed by atoms with E-state index >= 15 is 0 Å². The Morgan fingerprint density at radius 2 is 2.08 bits per heavy atom. The fraction of sp³-hybridized carbons (Fsp3) is 0.368. The molecule has 124 valence electrons. The largest absolute Gasteiger partial charge is 0.358 e. The van der Waals surface area contributed by atoms with Gasteiger partial charge in [-0.3, -0.25) is 4.79 Å². The number of aryl methyl sites for hydroxylation is 2. The molecular formula is C19H22N4O. The topological polar surface area (TPSA) is 62.7 Å². The Kier molecular flexibility index (Phi) is 3.63. The molecule has 0 saturated carbocycles.